The summed E-state index contributed by atoms with van der Waals surface area (Å²) in [7, 11) is 0. The number of rotatable bonds is 5. The van der Waals surface area contributed by atoms with Crippen molar-refractivity contribution in [1.29, 1.82) is 0 Å². The van der Waals surface area contributed by atoms with Gasteiger partial charge in [0, 0.05) is 12.2 Å². The molecule has 0 saturated carbocycles. The minimum Gasteiger partial charge on any atom is -0.385 e. The third-order valence-corrected chi connectivity index (χ3v) is 2.15. The first-order valence-corrected chi connectivity index (χ1v) is 5.19. The van der Waals surface area contributed by atoms with Crippen LogP contribution in [0.3, 0.4) is 0 Å². The Hall–Kier alpha value is -0.980. The monoisotopic (exact) mass is 177 g/mol. The highest BCUT2D eigenvalue weighted by Crippen LogP contribution is 2.11. The van der Waals surface area contributed by atoms with Crippen molar-refractivity contribution in [2.75, 3.05) is 11.9 Å². The highest BCUT2D eigenvalue weighted by Gasteiger charge is 1.92. The van der Waals surface area contributed by atoms with Gasteiger partial charge in [-0.2, -0.15) is 0 Å². The predicted octanol–water partition coefficient (Wildman–Crippen LogP) is 3.46. The van der Waals surface area contributed by atoms with Crippen molar-refractivity contribution in [3.63, 3.8) is 0 Å². The van der Waals surface area contributed by atoms with E-state index in [1.54, 1.807) is 0 Å². The molecule has 0 fully saturated rings. The summed E-state index contributed by atoms with van der Waals surface area (Å²) in [6.07, 6.45) is 3.78. The van der Waals surface area contributed by atoms with E-state index in [-0.39, 0.29) is 0 Å². The molecule has 1 aromatic rings. The van der Waals surface area contributed by atoms with Crippen LogP contribution in [0.4, 0.5) is 5.69 Å². The van der Waals surface area contributed by atoms with Gasteiger partial charge in [0.2, 0.25) is 0 Å². The lowest BCUT2D eigenvalue weighted by molar-refractivity contribution is 0.795. The van der Waals surface area contributed by atoms with E-state index in [4.69, 9.17) is 0 Å². The second kappa shape index (κ2) is 5.63. The maximum absolute atomic E-state index is 3.29. The lowest BCUT2D eigenvalue weighted by atomic mass is 10.1. The third-order valence-electron chi connectivity index (χ3n) is 2.15. The Bertz CT molecular complexity index is 225. The van der Waals surface area contributed by atoms with Gasteiger partial charge in [-0.3, -0.25) is 0 Å². The average Bonchev–Trinajstić information content (AvgIpc) is 2.17. The van der Waals surface area contributed by atoms with Crippen molar-refractivity contribution in [3.05, 3.63) is 29.8 Å². The van der Waals surface area contributed by atoms with E-state index in [0.717, 1.165) is 6.54 Å². The van der Waals surface area contributed by atoms with Gasteiger partial charge in [-0.15, -0.1) is 0 Å². The molecule has 0 aliphatic heterocycles. The molecule has 0 aliphatic rings. The molecule has 72 valence electrons. The van der Waals surface area contributed by atoms with Crippen LogP contribution in [-0.4, -0.2) is 6.54 Å². The smallest absolute Gasteiger partial charge is 0.0340 e. The second-order valence-electron chi connectivity index (χ2n) is 3.33. The van der Waals surface area contributed by atoms with Gasteiger partial charge in [-0.25, -0.2) is 0 Å². The summed E-state index contributed by atoms with van der Waals surface area (Å²) in [5.74, 6) is 0. The highest BCUT2D eigenvalue weighted by molar-refractivity contribution is 5.44. The summed E-state index contributed by atoms with van der Waals surface area (Å²) in [6, 6.07) is 8.75. The van der Waals surface area contributed by atoms with E-state index >= 15 is 0 Å². The standard InChI is InChI=1S/C12H19N/c1-3-5-6-11-7-9-12(10-8-11)13-4-2/h7-10,13H,3-6H2,1-2H3. The van der Waals surface area contributed by atoms with Gasteiger partial charge in [-0.05, 0) is 37.5 Å². The first-order valence-electron chi connectivity index (χ1n) is 5.19. The van der Waals surface area contributed by atoms with Crippen LogP contribution >= 0.6 is 0 Å². The van der Waals surface area contributed by atoms with Crippen molar-refractivity contribution < 1.29 is 0 Å². The van der Waals surface area contributed by atoms with Crippen LogP contribution in [0, 0.1) is 0 Å². The van der Waals surface area contributed by atoms with E-state index in [2.05, 4.69) is 43.4 Å². The molecule has 1 rings (SSSR count). The number of anilines is 1. The van der Waals surface area contributed by atoms with Gasteiger partial charge in [0.05, 0.1) is 0 Å². The van der Waals surface area contributed by atoms with Crippen molar-refractivity contribution in [2.24, 2.45) is 0 Å². The maximum Gasteiger partial charge on any atom is 0.0340 e. The number of benzene rings is 1. The topological polar surface area (TPSA) is 12.0 Å². The molecule has 0 aromatic heterocycles. The molecule has 0 radical (unpaired) electrons. The minimum atomic E-state index is 0.994. The van der Waals surface area contributed by atoms with E-state index < -0.39 is 0 Å². The molecule has 0 bridgehead atoms. The number of aryl methyl sites for hydroxylation is 1. The maximum atomic E-state index is 3.29. The lowest BCUT2D eigenvalue weighted by Gasteiger charge is -2.04. The van der Waals surface area contributed by atoms with Crippen molar-refractivity contribution in [1.82, 2.24) is 0 Å². The molecular weight excluding hydrogens is 158 g/mol. The quantitative estimate of drug-likeness (QED) is 0.726. The average molecular weight is 177 g/mol. The van der Waals surface area contributed by atoms with Crippen LogP contribution in [0.15, 0.2) is 24.3 Å². The molecule has 0 saturated heterocycles. The summed E-state index contributed by atoms with van der Waals surface area (Å²) < 4.78 is 0. The number of hydrogen-bond acceptors (Lipinski definition) is 1. The van der Waals surface area contributed by atoms with E-state index in [9.17, 15) is 0 Å². The molecule has 0 unspecified atom stereocenters. The Morgan fingerprint density at radius 3 is 2.31 bits per heavy atom. The Morgan fingerprint density at radius 1 is 1.08 bits per heavy atom. The summed E-state index contributed by atoms with van der Waals surface area (Å²) in [4.78, 5) is 0. The zero-order chi connectivity index (χ0) is 9.52. The fraction of sp³-hybridized carbons (Fsp3) is 0.500. The molecule has 1 N–H and O–H groups in total. The summed E-state index contributed by atoms with van der Waals surface area (Å²) in [6.45, 7) is 5.34. The summed E-state index contributed by atoms with van der Waals surface area (Å²) in [5, 5.41) is 3.29. The zero-order valence-corrected chi connectivity index (χ0v) is 8.64. The van der Waals surface area contributed by atoms with E-state index in [1.807, 2.05) is 0 Å². The summed E-state index contributed by atoms with van der Waals surface area (Å²) in [5.41, 5.74) is 2.67. The third kappa shape index (κ3) is 3.49. The molecule has 1 nitrogen and oxygen atoms in total. The van der Waals surface area contributed by atoms with Gasteiger partial charge in [-0.1, -0.05) is 25.5 Å². The fourth-order valence-corrected chi connectivity index (χ4v) is 1.37. The van der Waals surface area contributed by atoms with Crippen LogP contribution in [-0.2, 0) is 6.42 Å². The SMILES string of the molecule is CCCCc1ccc(NCC)cc1. The molecule has 13 heavy (non-hydrogen) atoms. The van der Waals surface area contributed by atoms with Gasteiger partial charge in [0.25, 0.3) is 0 Å². The molecule has 0 heterocycles. The van der Waals surface area contributed by atoms with Crippen molar-refractivity contribution in [3.8, 4) is 0 Å². The zero-order valence-electron chi connectivity index (χ0n) is 8.64. The molecule has 0 aliphatic carbocycles. The normalized spacial score (nSPS) is 10.0. The van der Waals surface area contributed by atoms with Gasteiger partial charge < -0.3 is 5.32 Å². The Morgan fingerprint density at radius 2 is 1.77 bits per heavy atom. The number of hydrogen-bond donors (Lipinski definition) is 1. The number of unbranched alkanes of at least 4 members (excludes halogenated alkanes) is 1. The summed E-state index contributed by atoms with van der Waals surface area (Å²) >= 11 is 0. The second-order valence-corrected chi connectivity index (χ2v) is 3.33. The van der Waals surface area contributed by atoms with Crippen LogP contribution < -0.4 is 5.32 Å². The largest absolute Gasteiger partial charge is 0.385 e. The molecular formula is C12H19N. The van der Waals surface area contributed by atoms with E-state index in [0.29, 0.717) is 0 Å². The van der Waals surface area contributed by atoms with Crippen LogP contribution in [0.1, 0.15) is 32.3 Å². The highest BCUT2D eigenvalue weighted by atomic mass is 14.8. The molecule has 1 aromatic carbocycles. The van der Waals surface area contributed by atoms with Crippen LogP contribution in [0.25, 0.3) is 0 Å². The molecule has 0 spiro atoms. The van der Waals surface area contributed by atoms with E-state index in [1.165, 1.54) is 30.5 Å². The first kappa shape index (κ1) is 10.1. The van der Waals surface area contributed by atoms with Crippen LogP contribution in [0.5, 0.6) is 0 Å². The fourth-order valence-electron chi connectivity index (χ4n) is 1.37. The molecule has 0 atom stereocenters. The van der Waals surface area contributed by atoms with Gasteiger partial charge in [0.1, 0.15) is 0 Å². The van der Waals surface area contributed by atoms with Crippen LogP contribution in [0.2, 0.25) is 0 Å². The van der Waals surface area contributed by atoms with Crippen molar-refractivity contribution >= 4 is 5.69 Å². The number of nitrogens with one attached hydrogen (secondary N) is 1. The molecule has 1 heteroatoms. The lowest BCUT2D eigenvalue weighted by Crippen LogP contribution is -1.96. The Balaban J connectivity index is 2.48. The van der Waals surface area contributed by atoms with Gasteiger partial charge in [0.15, 0.2) is 0 Å². The first-order chi connectivity index (χ1) is 6.36. The van der Waals surface area contributed by atoms with Gasteiger partial charge >= 0.3 is 0 Å². The Kier molecular flexibility index (Phi) is 4.37. The minimum absolute atomic E-state index is 0.994. The van der Waals surface area contributed by atoms with Crippen molar-refractivity contribution in [2.45, 2.75) is 33.1 Å². The molecule has 0 amide bonds. The Labute approximate surface area is 81.2 Å². The predicted molar refractivity (Wildman–Crippen MR) is 59.2 cm³/mol.